The summed E-state index contributed by atoms with van der Waals surface area (Å²) in [5.74, 6) is 4.24. The lowest BCUT2D eigenvalue weighted by Gasteiger charge is -1.96. The largest absolute Gasteiger partial charge is 0.481 e. The second-order valence-electron chi connectivity index (χ2n) is 2.76. The average Bonchev–Trinajstić information content (AvgIpc) is 2.09. The number of rotatable bonds is 8. The van der Waals surface area contributed by atoms with Gasteiger partial charge in [0.25, 0.3) is 0 Å². The molecular formula is C8H17N3O2. The second-order valence-corrected chi connectivity index (χ2v) is 2.76. The van der Waals surface area contributed by atoms with Gasteiger partial charge in [-0.3, -0.25) is 9.79 Å². The first-order valence-corrected chi connectivity index (χ1v) is 4.43. The average molecular weight is 187 g/mol. The zero-order chi connectivity index (χ0) is 9.94. The number of unbranched alkanes of at least 4 members (excludes halogenated alkanes) is 3. The van der Waals surface area contributed by atoms with Crippen molar-refractivity contribution in [3.63, 3.8) is 0 Å². The lowest BCUT2D eigenvalue weighted by Crippen LogP contribution is -2.19. The number of carboxylic acids is 1. The van der Waals surface area contributed by atoms with Gasteiger partial charge in [-0.1, -0.05) is 12.8 Å². The number of nitrogens with zero attached hydrogens (tertiary/aromatic N) is 1. The fraction of sp³-hybridized carbons (Fsp3) is 0.750. The maximum absolute atomic E-state index is 10.1. The molecule has 0 fully saturated rings. The van der Waals surface area contributed by atoms with E-state index in [0.29, 0.717) is 0 Å². The molecule has 0 saturated carbocycles. The van der Waals surface area contributed by atoms with Gasteiger partial charge in [-0.2, -0.15) is 0 Å². The van der Waals surface area contributed by atoms with Crippen LogP contribution >= 0.6 is 0 Å². The van der Waals surface area contributed by atoms with Crippen LogP contribution in [0.2, 0.25) is 0 Å². The summed E-state index contributed by atoms with van der Waals surface area (Å²) >= 11 is 0. The molecule has 5 heteroatoms. The van der Waals surface area contributed by atoms with E-state index in [1.165, 1.54) is 6.34 Å². The van der Waals surface area contributed by atoms with Crippen molar-refractivity contribution in [2.75, 3.05) is 6.54 Å². The molecule has 0 heterocycles. The Morgan fingerprint density at radius 1 is 1.38 bits per heavy atom. The van der Waals surface area contributed by atoms with Crippen molar-refractivity contribution in [1.29, 1.82) is 0 Å². The molecule has 0 aromatic carbocycles. The monoisotopic (exact) mass is 187 g/mol. The molecule has 0 saturated heterocycles. The SMILES string of the molecule is NNC=NCCCCCCC(=O)O. The van der Waals surface area contributed by atoms with E-state index in [9.17, 15) is 4.79 Å². The third-order valence-corrected chi connectivity index (χ3v) is 1.59. The van der Waals surface area contributed by atoms with Crippen LogP contribution in [0.5, 0.6) is 0 Å². The first-order valence-electron chi connectivity index (χ1n) is 4.43. The van der Waals surface area contributed by atoms with Crippen molar-refractivity contribution in [1.82, 2.24) is 5.43 Å². The van der Waals surface area contributed by atoms with Crippen LogP contribution in [0.4, 0.5) is 0 Å². The highest BCUT2D eigenvalue weighted by Crippen LogP contribution is 2.02. The van der Waals surface area contributed by atoms with Crippen LogP contribution in [0.1, 0.15) is 32.1 Å². The van der Waals surface area contributed by atoms with Gasteiger partial charge in [0, 0.05) is 13.0 Å². The van der Waals surface area contributed by atoms with Crippen molar-refractivity contribution in [2.45, 2.75) is 32.1 Å². The number of nitrogens with one attached hydrogen (secondary N) is 1. The Morgan fingerprint density at radius 2 is 2.08 bits per heavy atom. The van der Waals surface area contributed by atoms with Crippen LogP contribution in [-0.4, -0.2) is 24.0 Å². The first kappa shape index (κ1) is 11.9. The highest BCUT2D eigenvalue weighted by Gasteiger charge is 1.95. The zero-order valence-corrected chi connectivity index (χ0v) is 7.70. The molecule has 0 atom stereocenters. The molecule has 76 valence electrons. The quantitative estimate of drug-likeness (QED) is 0.170. The van der Waals surface area contributed by atoms with E-state index >= 15 is 0 Å². The summed E-state index contributed by atoms with van der Waals surface area (Å²) in [5, 5.41) is 8.34. The first-order chi connectivity index (χ1) is 6.27. The van der Waals surface area contributed by atoms with Crippen molar-refractivity contribution in [3.05, 3.63) is 0 Å². The van der Waals surface area contributed by atoms with Gasteiger partial charge in [-0.15, -0.1) is 0 Å². The molecule has 0 spiro atoms. The summed E-state index contributed by atoms with van der Waals surface area (Å²) in [6, 6.07) is 0. The minimum Gasteiger partial charge on any atom is -0.481 e. The van der Waals surface area contributed by atoms with Crippen LogP contribution in [0.3, 0.4) is 0 Å². The number of aliphatic carboxylic acids is 1. The van der Waals surface area contributed by atoms with Gasteiger partial charge in [-0.05, 0) is 12.8 Å². The van der Waals surface area contributed by atoms with Crippen molar-refractivity contribution in [3.8, 4) is 0 Å². The molecule has 0 aliphatic rings. The van der Waals surface area contributed by atoms with E-state index in [1.54, 1.807) is 0 Å². The van der Waals surface area contributed by atoms with Gasteiger partial charge < -0.3 is 10.5 Å². The van der Waals surface area contributed by atoms with E-state index in [1.807, 2.05) is 0 Å². The van der Waals surface area contributed by atoms with E-state index in [4.69, 9.17) is 10.9 Å². The van der Waals surface area contributed by atoms with Crippen LogP contribution < -0.4 is 11.3 Å². The molecule has 5 nitrogen and oxygen atoms in total. The molecule has 0 radical (unpaired) electrons. The second kappa shape index (κ2) is 8.99. The van der Waals surface area contributed by atoms with Crippen LogP contribution in [0.25, 0.3) is 0 Å². The van der Waals surface area contributed by atoms with Gasteiger partial charge in [0.1, 0.15) is 0 Å². The summed E-state index contributed by atoms with van der Waals surface area (Å²) < 4.78 is 0. The summed E-state index contributed by atoms with van der Waals surface area (Å²) in [4.78, 5) is 14.1. The molecule has 0 rings (SSSR count). The molecule has 0 unspecified atom stereocenters. The van der Waals surface area contributed by atoms with E-state index in [-0.39, 0.29) is 6.42 Å². The third kappa shape index (κ3) is 10.9. The topological polar surface area (TPSA) is 87.7 Å². The fourth-order valence-electron chi connectivity index (χ4n) is 0.950. The van der Waals surface area contributed by atoms with Crippen LogP contribution in [0, 0.1) is 0 Å². The summed E-state index contributed by atoms with van der Waals surface area (Å²) in [6.07, 6.45) is 5.45. The highest BCUT2D eigenvalue weighted by molar-refractivity contribution is 5.66. The number of carbonyl (C=O) groups is 1. The minimum absolute atomic E-state index is 0.271. The molecule has 0 aliphatic carbocycles. The Labute approximate surface area is 78.0 Å². The van der Waals surface area contributed by atoms with Crippen LogP contribution in [0.15, 0.2) is 4.99 Å². The molecular weight excluding hydrogens is 170 g/mol. The van der Waals surface area contributed by atoms with Crippen molar-refractivity contribution in [2.24, 2.45) is 10.8 Å². The number of hydrogen-bond donors (Lipinski definition) is 3. The zero-order valence-electron chi connectivity index (χ0n) is 7.70. The fourth-order valence-corrected chi connectivity index (χ4v) is 0.950. The Bertz CT molecular complexity index is 159. The molecule has 0 aromatic rings. The van der Waals surface area contributed by atoms with Gasteiger partial charge >= 0.3 is 5.97 Å². The molecule has 13 heavy (non-hydrogen) atoms. The smallest absolute Gasteiger partial charge is 0.303 e. The van der Waals surface area contributed by atoms with Gasteiger partial charge in [0.2, 0.25) is 0 Å². The van der Waals surface area contributed by atoms with Crippen molar-refractivity contribution < 1.29 is 9.90 Å². The summed E-state index contributed by atoms with van der Waals surface area (Å²) in [6.45, 7) is 0.747. The van der Waals surface area contributed by atoms with Gasteiger partial charge in [-0.25, -0.2) is 5.84 Å². The lowest BCUT2D eigenvalue weighted by atomic mass is 10.1. The molecule has 0 aromatic heterocycles. The molecule has 0 aliphatic heterocycles. The highest BCUT2D eigenvalue weighted by atomic mass is 16.4. The van der Waals surface area contributed by atoms with E-state index in [0.717, 1.165) is 32.2 Å². The van der Waals surface area contributed by atoms with Gasteiger partial charge in [0.05, 0.1) is 6.34 Å². The predicted octanol–water partition coefficient (Wildman–Crippen LogP) is 0.513. The van der Waals surface area contributed by atoms with E-state index in [2.05, 4.69) is 10.4 Å². The Hall–Kier alpha value is -1.10. The Morgan fingerprint density at radius 3 is 2.69 bits per heavy atom. The number of hydrogen-bond acceptors (Lipinski definition) is 3. The lowest BCUT2D eigenvalue weighted by molar-refractivity contribution is -0.137. The normalized spacial score (nSPS) is 10.5. The summed E-state index contributed by atoms with van der Waals surface area (Å²) in [5.41, 5.74) is 2.32. The van der Waals surface area contributed by atoms with Crippen LogP contribution in [-0.2, 0) is 4.79 Å². The maximum atomic E-state index is 10.1. The molecule has 0 bridgehead atoms. The summed E-state index contributed by atoms with van der Waals surface area (Å²) in [7, 11) is 0. The minimum atomic E-state index is -0.717. The van der Waals surface area contributed by atoms with Gasteiger partial charge in [0.15, 0.2) is 0 Å². The number of hydrazine groups is 1. The number of carboxylic acid groups (broad SMARTS) is 1. The third-order valence-electron chi connectivity index (χ3n) is 1.59. The number of aliphatic imine (C=N–C) groups is 1. The maximum Gasteiger partial charge on any atom is 0.303 e. The standard InChI is InChI=1S/C8H17N3O2/c9-11-7-10-6-4-2-1-3-5-8(12)13/h7H,1-6,9H2,(H,10,11)(H,12,13). The Balaban J connectivity index is 2.99. The molecule has 4 N–H and O–H groups in total. The van der Waals surface area contributed by atoms with E-state index < -0.39 is 5.97 Å². The predicted molar refractivity (Wildman–Crippen MR) is 51.4 cm³/mol. The Kier molecular flexibility index (Phi) is 8.23. The molecule has 0 amide bonds. The number of nitrogens with two attached hydrogens (primary N) is 1. The van der Waals surface area contributed by atoms with Crippen molar-refractivity contribution >= 4 is 12.3 Å².